The van der Waals surface area contributed by atoms with Crippen molar-refractivity contribution >= 4 is 34.8 Å². The second kappa shape index (κ2) is 8.32. The van der Waals surface area contributed by atoms with Crippen LogP contribution in [0.1, 0.15) is 6.42 Å². The van der Waals surface area contributed by atoms with Crippen LogP contribution in [0.5, 0.6) is 0 Å². The highest BCUT2D eigenvalue weighted by Gasteiger charge is 2.05. The molecule has 6 heteroatoms. The summed E-state index contributed by atoms with van der Waals surface area (Å²) in [5.74, 6) is -0.0398. The second-order valence-electron chi connectivity index (χ2n) is 3.79. The van der Waals surface area contributed by atoms with Crippen molar-refractivity contribution in [3.63, 3.8) is 0 Å². The Morgan fingerprint density at radius 3 is 2.78 bits per heavy atom. The van der Waals surface area contributed by atoms with Crippen LogP contribution in [0.15, 0.2) is 18.2 Å². The summed E-state index contributed by atoms with van der Waals surface area (Å²) >= 11 is 11.6. The minimum atomic E-state index is -0.0398. The van der Waals surface area contributed by atoms with Crippen LogP contribution in [0.25, 0.3) is 0 Å². The molecule has 1 amide bonds. The fourth-order valence-electron chi connectivity index (χ4n) is 1.38. The number of amides is 1. The Kier molecular flexibility index (Phi) is 7.05. The van der Waals surface area contributed by atoms with Crippen molar-refractivity contribution in [2.45, 2.75) is 6.42 Å². The molecular formula is C12H17Cl2N2O2+. The van der Waals surface area contributed by atoms with E-state index in [1.165, 1.54) is 0 Å². The fraction of sp³-hybridized carbons (Fsp3) is 0.417. The summed E-state index contributed by atoms with van der Waals surface area (Å²) in [6.07, 6.45) is 0.448. The third-order valence-corrected chi connectivity index (χ3v) is 3.04. The molecule has 0 aromatic heterocycles. The number of rotatable bonds is 7. The third-order valence-electron chi connectivity index (χ3n) is 2.30. The molecule has 0 aliphatic rings. The lowest BCUT2D eigenvalue weighted by Crippen LogP contribution is -2.85. The second-order valence-corrected chi connectivity index (χ2v) is 4.60. The predicted molar refractivity (Wildman–Crippen MR) is 73.2 cm³/mol. The number of quaternary nitrogens is 1. The van der Waals surface area contributed by atoms with Crippen molar-refractivity contribution in [1.29, 1.82) is 0 Å². The van der Waals surface area contributed by atoms with Crippen LogP contribution in [-0.4, -0.2) is 32.7 Å². The van der Waals surface area contributed by atoms with Crippen molar-refractivity contribution in [3.05, 3.63) is 28.2 Å². The lowest BCUT2D eigenvalue weighted by Gasteiger charge is -2.06. The number of carbonyl (C=O) groups excluding carboxylic acids is 1. The van der Waals surface area contributed by atoms with Gasteiger partial charge in [-0.1, -0.05) is 23.2 Å². The maximum absolute atomic E-state index is 11.6. The van der Waals surface area contributed by atoms with Crippen molar-refractivity contribution < 1.29 is 14.8 Å². The Balaban J connectivity index is 2.29. The van der Waals surface area contributed by atoms with Crippen LogP contribution < -0.4 is 10.6 Å². The van der Waals surface area contributed by atoms with E-state index in [9.17, 15) is 4.79 Å². The normalized spacial score (nSPS) is 10.4. The molecule has 0 fully saturated rings. The van der Waals surface area contributed by atoms with E-state index >= 15 is 0 Å². The number of benzene rings is 1. The molecule has 1 aromatic rings. The van der Waals surface area contributed by atoms with Crippen LogP contribution in [-0.2, 0) is 9.53 Å². The molecule has 0 spiro atoms. The summed E-state index contributed by atoms with van der Waals surface area (Å²) in [5, 5.41) is 5.71. The zero-order chi connectivity index (χ0) is 13.4. The molecule has 0 aliphatic heterocycles. The minimum Gasteiger partial charge on any atom is -0.379 e. The van der Waals surface area contributed by atoms with Crippen LogP contribution in [0.3, 0.4) is 0 Å². The Hall–Kier alpha value is -0.810. The van der Waals surface area contributed by atoms with Crippen LogP contribution in [0.2, 0.25) is 10.0 Å². The van der Waals surface area contributed by atoms with E-state index < -0.39 is 0 Å². The van der Waals surface area contributed by atoms with Gasteiger partial charge in [0.05, 0.1) is 36.2 Å². The molecule has 1 rings (SSSR count). The SMILES string of the molecule is COCC[NH2+]CCC(=O)Nc1ccc(Cl)c(Cl)c1. The lowest BCUT2D eigenvalue weighted by molar-refractivity contribution is -0.655. The van der Waals surface area contributed by atoms with E-state index in [0.717, 1.165) is 13.1 Å². The first-order valence-corrected chi connectivity index (χ1v) is 6.44. The topological polar surface area (TPSA) is 54.9 Å². The van der Waals surface area contributed by atoms with Gasteiger partial charge in [-0.2, -0.15) is 0 Å². The molecule has 0 atom stereocenters. The number of hydrogen-bond donors (Lipinski definition) is 2. The number of nitrogens with two attached hydrogens (primary N) is 1. The summed E-state index contributed by atoms with van der Waals surface area (Å²) in [6, 6.07) is 5.02. The summed E-state index contributed by atoms with van der Waals surface area (Å²) in [5.41, 5.74) is 0.659. The molecule has 18 heavy (non-hydrogen) atoms. The third kappa shape index (κ3) is 5.69. The predicted octanol–water partition coefficient (Wildman–Crippen LogP) is 1.53. The van der Waals surface area contributed by atoms with Gasteiger partial charge < -0.3 is 15.4 Å². The van der Waals surface area contributed by atoms with Gasteiger partial charge in [0, 0.05) is 12.8 Å². The van der Waals surface area contributed by atoms with E-state index in [-0.39, 0.29) is 5.91 Å². The largest absolute Gasteiger partial charge is 0.379 e. The maximum Gasteiger partial charge on any atom is 0.230 e. The van der Waals surface area contributed by atoms with Gasteiger partial charge in [0.1, 0.15) is 0 Å². The van der Waals surface area contributed by atoms with Gasteiger partial charge in [0.25, 0.3) is 0 Å². The number of methoxy groups -OCH3 is 1. The van der Waals surface area contributed by atoms with Gasteiger partial charge >= 0.3 is 0 Å². The molecular weight excluding hydrogens is 275 g/mol. The van der Waals surface area contributed by atoms with E-state index in [0.29, 0.717) is 28.8 Å². The highest BCUT2D eigenvalue weighted by molar-refractivity contribution is 6.42. The van der Waals surface area contributed by atoms with E-state index in [2.05, 4.69) is 5.32 Å². The molecule has 0 bridgehead atoms. The smallest absolute Gasteiger partial charge is 0.230 e. The molecule has 0 aliphatic carbocycles. The average molecular weight is 292 g/mol. The van der Waals surface area contributed by atoms with Gasteiger partial charge in [-0.3, -0.25) is 4.79 Å². The molecule has 3 N–H and O–H groups in total. The molecule has 1 aromatic carbocycles. The number of ether oxygens (including phenoxy) is 1. The summed E-state index contributed by atoms with van der Waals surface area (Å²) < 4.78 is 4.91. The van der Waals surface area contributed by atoms with Crippen molar-refractivity contribution in [2.24, 2.45) is 0 Å². The van der Waals surface area contributed by atoms with Crippen LogP contribution in [0, 0.1) is 0 Å². The Labute approximate surface area is 117 Å². The number of carbonyl (C=O) groups is 1. The summed E-state index contributed by atoms with van der Waals surface area (Å²) in [6.45, 7) is 2.28. The zero-order valence-electron chi connectivity index (χ0n) is 10.2. The first kappa shape index (κ1) is 15.2. The minimum absolute atomic E-state index is 0.0398. The maximum atomic E-state index is 11.6. The molecule has 4 nitrogen and oxygen atoms in total. The highest BCUT2D eigenvalue weighted by Crippen LogP contribution is 2.24. The van der Waals surface area contributed by atoms with Crippen molar-refractivity contribution in [1.82, 2.24) is 0 Å². The number of hydrogen-bond acceptors (Lipinski definition) is 2. The Morgan fingerprint density at radius 2 is 2.11 bits per heavy atom. The highest BCUT2D eigenvalue weighted by atomic mass is 35.5. The standard InChI is InChI=1S/C12H16Cl2N2O2/c1-18-7-6-15-5-4-12(17)16-9-2-3-10(13)11(14)8-9/h2-3,8,15H,4-7H2,1H3,(H,16,17)/p+1. The monoisotopic (exact) mass is 291 g/mol. The van der Waals surface area contributed by atoms with Gasteiger partial charge in [-0.05, 0) is 18.2 Å². The molecule has 0 heterocycles. The molecule has 0 radical (unpaired) electrons. The lowest BCUT2D eigenvalue weighted by atomic mass is 10.3. The van der Waals surface area contributed by atoms with Crippen LogP contribution >= 0.6 is 23.2 Å². The molecule has 0 unspecified atom stereocenters. The number of halogens is 2. The Bertz CT molecular complexity index is 400. The summed E-state index contributed by atoms with van der Waals surface area (Å²) in [7, 11) is 1.66. The van der Waals surface area contributed by atoms with Gasteiger partial charge in [0.15, 0.2) is 0 Å². The quantitative estimate of drug-likeness (QED) is 0.749. The van der Waals surface area contributed by atoms with Crippen molar-refractivity contribution in [3.8, 4) is 0 Å². The van der Waals surface area contributed by atoms with Gasteiger partial charge in [0.2, 0.25) is 5.91 Å². The number of nitrogens with one attached hydrogen (secondary N) is 1. The van der Waals surface area contributed by atoms with E-state index in [1.807, 2.05) is 5.32 Å². The Morgan fingerprint density at radius 1 is 1.33 bits per heavy atom. The summed E-state index contributed by atoms with van der Waals surface area (Å²) in [4.78, 5) is 11.6. The number of anilines is 1. The van der Waals surface area contributed by atoms with Crippen molar-refractivity contribution in [2.75, 3.05) is 32.1 Å². The van der Waals surface area contributed by atoms with E-state index in [4.69, 9.17) is 27.9 Å². The molecule has 100 valence electrons. The van der Waals surface area contributed by atoms with E-state index in [1.54, 1.807) is 25.3 Å². The van der Waals surface area contributed by atoms with Gasteiger partial charge in [-0.15, -0.1) is 0 Å². The first-order valence-electron chi connectivity index (χ1n) is 5.69. The van der Waals surface area contributed by atoms with Gasteiger partial charge in [-0.25, -0.2) is 0 Å². The fourth-order valence-corrected chi connectivity index (χ4v) is 1.67. The molecule has 0 saturated carbocycles. The zero-order valence-corrected chi connectivity index (χ0v) is 11.7. The first-order chi connectivity index (χ1) is 8.63. The van der Waals surface area contributed by atoms with Crippen LogP contribution in [0.4, 0.5) is 5.69 Å². The average Bonchev–Trinajstić information content (AvgIpc) is 2.34. The molecule has 0 saturated heterocycles.